The number of urea groups is 1. The Kier molecular flexibility index (Phi) is 5.69. The molecule has 3 rings (SSSR count). The third-order valence-electron chi connectivity index (χ3n) is 3.73. The normalized spacial score (nSPS) is 10.1. The van der Waals surface area contributed by atoms with Crippen LogP contribution in [0.4, 0.5) is 16.2 Å². The van der Waals surface area contributed by atoms with Crippen molar-refractivity contribution in [1.29, 1.82) is 0 Å². The van der Waals surface area contributed by atoms with E-state index in [1.165, 1.54) is 24.3 Å². The van der Waals surface area contributed by atoms with Gasteiger partial charge in [0.25, 0.3) is 0 Å². The largest absolute Gasteiger partial charge is 0.489 e. The van der Waals surface area contributed by atoms with Gasteiger partial charge in [0, 0.05) is 17.4 Å². The lowest BCUT2D eigenvalue weighted by Crippen LogP contribution is -2.19. The summed E-state index contributed by atoms with van der Waals surface area (Å²) in [6, 6.07) is 22.4. The van der Waals surface area contributed by atoms with Crippen LogP contribution in [0.3, 0.4) is 0 Å². The zero-order valence-electron chi connectivity index (χ0n) is 14.4. The van der Waals surface area contributed by atoms with Gasteiger partial charge in [-0.1, -0.05) is 36.4 Å². The monoisotopic (exact) mass is 362 g/mol. The van der Waals surface area contributed by atoms with Crippen LogP contribution >= 0.6 is 0 Å². The summed E-state index contributed by atoms with van der Waals surface area (Å²) in [6.45, 7) is 0.437. The van der Waals surface area contributed by atoms with Crippen molar-refractivity contribution in [3.05, 3.63) is 90.0 Å². The molecule has 0 bridgehead atoms. The minimum atomic E-state index is -1.02. The van der Waals surface area contributed by atoms with E-state index < -0.39 is 12.0 Å². The highest BCUT2D eigenvalue weighted by molar-refractivity contribution is 6.00. The number of benzene rings is 3. The van der Waals surface area contributed by atoms with Gasteiger partial charge in [-0.15, -0.1) is 0 Å². The van der Waals surface area contributed by atoms with Gasteiger partial charge in [0.05, 0.1) is 5.56 Å². The molecule has 2 amide bonds. The Hall–Kier alpha value is -3.80. The molecule has 0 atom stereocenters. The molecule has 3 aromatic carbocycles. The Morgan fingerprint density at radius 1 is 0.815 bits per heavy atom. The number of nitrogens with one attached hydrogen (secondary N) is 2. The summed E-state index contributed by atoms with van der Waals surface area (Å²) in [7, 11) is 0. The molecule has 27 heavy (non-hydrogen) atoms. The molecule has 0 saturated heterocycles. The average Bonchev–Trinajstić information content (AvgIpc) is 2.68. The first-order chi connectivity index (χ1) is 13.1. The first-order valence-corrected chi connectivity index (χ1v) is 8.28. The van der Waals surface area contributed by atoms with Crippen molar-refractivity contribution in [2.75, 3.05) is 10.6 Å². The number of ether oxygens (including phenoxy) is 1. The van der Waals surface area contributed by atoms with Gasteiger partial charge in [0.2, 0.25) is 0 Å². The van der Waals surface area contributed by atoms with E-state index in [0.29, 0.717) is 23.7 Å². The second-order valence-electron chi connectivity index (χ2n) is 5.76. The molecule has 6 nitrogen and oxygen atoms in total. The molecule has 3 aromatic rings. The highest BCUT2D eigenvalue weighted by atomic mass is 16.5. The van der Waals surface area contributed by atoms with E-state index >= 15 is 0 Å². The van der Waals surface area contributed by atoms with E-state index in [1.54, 1.807) is 18.2 Å². The lowest BCUT2D eigenvalue weighted by molar-refractivity contribution is 0.0697. The van der Waals surface area contributed by atoms with Crippen LogP contribution in [0.5, 0.6) is 5.75 Å². The Labute approximate surface area is 156 Å². The van der Waals surface area contributed by atoms with E-state index in [2.05, 4.69) is 10.6 Å². The van der Waals surface area contributed by atoms with Crippen molar-refractivity contribution < 1.29 is 19.4 Å². The van der Waals surface area contributed by atoms with Crippen molar-refractivity contribution in [2.45, 2.75) is 6.61 Å². The summed E-state index contributed by atoms with van der Waals surface area (Å²) < 4.78 is 5.74. The SMILES string of the molecule is O=C(Nc1ccc(C(=O)O)cc1)Nc1cccc(OCc2ccccc2)c1. The third-order valence-corrected chi connectivity index (χ3v) is 3.73. The number of carboxylic acid groups (broad SMARTS) is 1. The van der Waals surface area contributed by atoms with Gasteiger partial charge in [0.1, 0.15) is 12.4 Å². The highest BCUT2D eigenvalue weighted by Gasteiger charge is 2.06. The molecule has 0 radical (unpaired) electrons. The maximum atomic E-state index is 12.1. The molecular formula is C21H18N2O4. The summed E-state index contributed by atoms with van der Waals surface area (Å²) in [4.78, 5) is 23.0. The van der Waals surface area contributed by atoms with E-state index in [9.17, 15) is 9.59 Å². The Morgan fingerprint density at radius 2 is 1.52 bits per heavy atom. The Morgan fingerprint density at radius 3 is 2.22 bits per heavy atom. The molecule has 136 valence electrons. The van der Waals surface area contributed by atoms with Gasteiger partial charge in [-0.05, 0) is 42.0 Å². The van der Waals surface area contributed by atoms with E-state index in [1.807, 2.05) is 36.4 Å². The summed E-state index contributed by atoms with van der Waals surface area (Å²) in [5, 5.41) is 14.3. The van der Waals surface area contributed by atoms with E-state index in [4.69, 9.17) is 9.84 Å². The van der Waals surface area contributed by atoms with Crippen molar-refractivity contribution >= 4 is 23.4 Å². The number of carbonyl (C=O) groups is 2. The van der Waals surface area contributed by atoms with Gasteiger partial charge < -0.3 is 20.5 Å². The Balaban J connectivity index is 1.56. The van der Waals surface area contributed by atoms with Crippen molar-refractivity contribution in [3.8, 4) is 5.75 Å². The first kappa shape index (κ1) is 18.0. The van der Waals surface area contributed by atoms with Crippen molar-refractivity contribution in [1.82, 2.24) is 0 Å². The van der Waals surface area contributed by atoms with Gasteiger partial charge in [0.15, 0.2) is 0 Å². The number of carbonyl (C=O) groups excluding carboxylic acids is 1. The molecular weight excluding hydrogens is 344 g/mol. The summed E-state index contributed by atoms with van der Waals surface area (Å²) in [6.07, 6.45) is 0. The van der Waals surface area contributed by atoms with Gasteiger partial charge >= 0.3 is 12.0 Å². The van der Waals surface area contributed by atoms with Crippen LogP contribution in [0, 0.1) is 0 Å². The maximum Gasteiger partial charge on any atom is 0.335 e. The third kappa shape index (κ3) is 5.34. The van der Waals surface area contributed by atoms with Crippen LogP contribution in [0.1, 0.15) is 15.9 Å². The van der Waals surface area contributed by atoms with Gasteiger partial charge in [-0.2, -0.15) is 0 Å². The molecule has 0 aliphatic rings. The fourth-order valence-electron chi connectivity index (χ4n) is 2.39. The van der Waals surface area contributed by atoms with Crippen LogP contribution in [0.15, 0.2) is 78.9 Å². The fourth-order valence-corrected chi connectivity index (χ4v) is 2.39. The molecule has 0 heterocycles. The number of aromatic carboxylic acids is 1. The number of carboxylic acids is 1. The second-order valence-corrected chi connectivity index (χ2v) is 5.76. The molecule has 0 aliphatic carbocycles. The molecule has 0 unspecified atom stereocenters. The minimum absolute atomic E-state index is 0.157. The molecule has 3 N–H and O–H groups in total. The number of hydrogen-bond donors (Lipinski definition) is 3. The number of rotatable bonds is 6. The number of amides is 2. The summed E-state index contributed by atoms with van der Waals surface area (Å²) >= 11 is 0. The minimum Gasteiger partial charge on any atom is -0.489 e. The average molecular weight is 362 g/mol. The lowest BCUT2D eigenvalue weighted by Gasteiger charge is -2.10. The topological polar surface area (TPSA) is 87.7 Å². The molecule has 0 saturated carbocycles. The smallest absolute Gasteiger partial charge is 0.335 e. The predicted molar refractivity (Wildman–Crippen MR) is 103 cm³/mol. The second kappa shape index (κ2) is 8.53. The van der Waals surface area contributed by atoms with Crippen LogP contribution in [-0.2, 0) is 6.61 Å². The van der Waals surface area contributed by atoms with Crippen molar-refractivity contribution in [3.63, 3.8) is 0 Å². The van der Waals surface area contributed by atoms with Crippen LogP contribution in [0.2, 0.25) is 0 Å². The van der Waals surface area contributed by atoms with Crippen LogP contribution in [-0.4, -0.2) is 17.1 Å². The summed E-state index contributed by atoms with van der Waals surface area (Å²) in [5.74, 6) is -0.374. The molecule has 0 aromatic heterocycles. The number of hydrogen-bond acceptors (Lipinski definition) is 3. The van der Waals surface area contributed by atoms with Gasteiger partial charge in [-0.3, -0.25) is 0 Å². The highest BCUT2D eigenvalue weighted by Crippen LogP contribution is 2.19. The predicted octanol–water partition coefficient (Wildman–Crippen LogP) is 4.61. The van der Waals surface area contributed by atoms with Crippen molar-refractivity contribution in [2.24, 2.45) is 0 Å². The number of anilines is 2. The van der Waals surface area contributed by atoms with E-state index in [0.717, 1.165) is 5.56 Å². The van der Waals surface area contributed by atoms with Crippen LogP contribution in [0.25, 0.3) is 0 Å². The quantitative estimate of drug-likeness (QED) is 0.598. The molecule has 0 aliphatic heterocycles. The molecule has 6 heteroatoms. The zero-order valence-corrected chi connectivity index (χ0v) is 14.4. The molecule has 0 fully saturated rings. The Bertz CT molecular complexity index is 924. The fraction of sp³-hybridized carbons (Fsp3) is 0.0476. The first-order valence-electron chi connectivity index (χ1n) is 8.28. The van der Waals surface area contributed by atoms with Gasteiger partial charge in [-0.25, -0.2) is 9.59 Å². The summed E-state index contributed by atoms with van der Waals surface area (Å²) in [5.41, 5.74) is 2.29. The maximum absolute atomic E-state index is 12.1. The van der Waals surface area contributed by atoms with Crippen LogP contribution < -0.4 is 15.4 Å². The molecule has 0 spiro atoms. The lowest BCUT2D eigenvalue weighted by atomic mass is 10.2. The zero-order chi connectivity index (χ0) is 19.1. The van der Waals surface area contributed by atoms with E-state index in [-0.39, 0.29) is 5.56 Å². The standard InChI is InChI=1S/C21H18N2O4/c24-20(25)16-9-11-17(12-10-16)22-21(26)23-18-7-4-8-19(13-18)27-14-15-5-2-1-3-6-15/h1-13H,14H2,(H,24,25)(H2,22,23,26).